The lowest BCUT2D eigenvalue weighted by Crippen LogP contribution is -2.44. The number of ether oxygens (including phenoxy) is 1. The van der Waals surface area contributed by atoms with Gasteiger partial charge in [0.05, 0.1) is 12.2 Å². The Morgan fingerprint density at radius 2 is 1.85 bits per heavy atom. The maximum Gasteiger partial charge on any atom is 0.106 e. The number of hydrogen-bond acceptors (Lipinski definition) is 3. The van der Waals surface area contributed by atoms with Gasteiger partial charge in [-0.25, -0.2) is 0 Å². The van der Waals surface area contributed by atoms with E-state index in [1.807, 2.05) is 0 Å². The molecule has 2 aliphatic carbocycles. The Labute approximate surface area is 124 Å². The van der Waals surface area contributed by atoms with E-state index in [9.17, 15) is 5.26 Å². The first kappa shape index (κ1) is 15.8. The summed E-state index contributed by atoms with van der Waals surface area (Å²) in [7, 11) is 0. The van der Waals surface area contributed by atoms with Gasteiger partial charge in [0.2, 0.25) is 0 Å². The molecule has 2 aliphatic rings. The maximum absolute atomic E-state index is 9.49. The van der Waals surface area contributed by atoms with Gasteiger partial charge >= 0.3 is 0 Å². The van der Waals surface area contributed by atoms with Crippen LogP contribution in [0.3, 0.4) is 0 Å². The summed E-state index contributed by atoms with van der Waals surface area (Å²) < 4.78 is 6.03. The molecule has 0 aliphatic heterocycles. The van der Waals surface area contributed by atoms with Crippen LogP contribution in [0.2, 0.25) is 0 Å². The summed E-state index contributed by atoms with van der Waals surface area (Å²) in [6.45, 7) is 2.94. The van der Waals surface area contributed by atoms with Gasteiger partial charge in [0.1, 0.15) is 5.54 Å². The van der Waals surface area contributed by atoms with Gasteiger partial charge in [-0.2, -0.15) is 5.26 Å². The molecular formula is C17H30N2O. The van der Waals surface area contributed by atoms with Gasteiger partial charge in [0, 0.05) is 12.6 Å². The fourth-order valence-electron chi connectivity index (χ4n) is 3.17. The number of nitrogens with one attached hydrogen (secondary N) is 1. The molecule has 114 valence electrons. The van der Waals surface area contributed by atoms with Crippen molar-refractivity contribution in [2.75, 3.05) is 6.61 Å². The summed E-state index contributed by atoms with van der Waals surface area (Å²) in [6, 6.07) is 3.11. The largest absolute Gasteiger partial charge is 0.378 e. The third-order valence-corrected chi connectivity index (χ3v) is 4.78. The van der Waals surface area contributed by atoms with Crippen molar-refractivity contribution in [3.05, 3.63) is 0 Å². The van der Waals surface area contributed by atoms with Crippen LogP contribution < -0.4 is 5.32 Å². The van der Waals surface area contributed by atoms with E-state index in [-0.39, 0.29) is 5.54 Å². The van der Waals surface area contributed by atoms with E-state index < -0.39 is 0 Å². The van der Waals surface area contributed by atoms with Crippen molar-refractivity contribution >= 4 is 0 Å². The number of nitrogens with zero attached hydrogens (tertiary/aromatic N) is 1. The van der Waals surface area contributed by atoms with Crippen LogP contribution in [0, 0.1) is 11.3 Å². The summed E-state index contributed by atoms with van der Waals surface area (Å²) >= 11 is 0. The van der Waals surface area contributed by atoms with Crippen LogP contribution in [-0.4, -0.2) is 24.3 Å². The Bertz CT molecular complexity index is 313. The monoisotopic (exact) mass is 278 g/mol. The molecule has 2 rings (SSSR count). The molecule has 0 saturated heterocycles. The molecule has 1 atom stereocenters. The van der Waals surface area contributed by atoms with E-state index in [1.54, 1.807) is 0 Å². The molecule has 0 bridgehead atoms. The summed E-state index contributed by atoms with van der Waals surface area (Å²) in [6.07, 6.45) is 13.6. The van der Waals surface area contributed by atoms with E-state index in [0.717, 1.165) is 25.9 Å². The molecule has 1 unspecified atom stereocenters. The first-order chi connectivity index (χ1) is 9.78. The zero-order chi connectivity index (χ0) is 14.3. The second-order valence-corrected chi connectivity index (χ2v) is 6.55. The standard InChI is InChI=1S/C17H30N2O/c1-2-17(14-18,19-15-10-11-15)12-7-13-20-16-8-5-3-4-6-9-16/h15-16,19H,2-13H2,1H3. The second kappa shape index (κ2) is 8.00. The zero-order valence-electron chi connectivity index (χ0n) is 13.0. The van der Waals surface area contributed by atoms with Crippen molar-refractivity contribution in [2.24, 2.45) is 0 Å². The summed E-state index contributed by atoms with van der Waals surface area (Å²) in [5.74, 6) is 0. The minimum Gasteiger partial charge on any atom is -0.378 e. The van der Waals surface area contributed by atoms with Gasteiger partial charge < -0.3 is 4.74 Å². The molecule has 0 radical (unpaired) electrons. The van der Waals surface area contributed by atoms with Gasteiger partial charge in [-0.1, -0.05) is 32.6 Å². The van der Waals surface area contributed by atoms with Gasteiger partial charge in [-0.3, -0.25) is 5.32 Å². The third-order valence-electron chi connectivity index (χ3n) is 4.78. The highest BCUT2D eigenvalue weighted by Gasteiger charge is 2.34. The predicted octanol–water partition coefficient (Wildman–Crippen LogP) is 3.93. The van der Waals surface area contributed by atoms with Crippen LogP contribution in [0.15, 0.2) is 0 Å². The Balaban J connectivity index is 1.66. The number of hydrogen-bond donors (Lipinski definition) is 1. The first-order valence-electron chi connectivity index (χ1n) is 8.58. The molecule has 0 amide bonds. The molecule has 0 spiro atoms. The van der Waals surface area contributed by atoms with Crippen molar-refractivity contribution in [1.82, 2.24) is 5.32 Å². The highest BCUT2D eigenvalue weighted by Crippen LogP contribution is 2.27. The van der Waals surface area contributed by atoms with Gasteiger partial charge in [0.15, 0.2) is 0 Å². The van der Waals surface area contributed by atoms with Crippen molar-refractivity contribution in [1.29, 1.82) is 5.26 Å². The molecule has 0 aromatic carbocycles. The first-order valence-corrected chi connectivity index (χ1v) is 8.58. The van der Waals surface area contributed by atoms with Crippen LogP contribution in [-0.2, 0) is 4.74 Å². The topological polar surface area (TPSA) is 45.0 Å². The zero-order valence-corrected chi connectivity index (χ0v) is 13.0. The molecule has 0 aromatic rings. The normalized spacial score (nSPS) is 23.8. The summed E-state index contributed by atoms with van der Waals surface area (Å²) in [4.78, 5) is 0. The highest BCUT2D eigenvalue weighted by molar-refractivity contribution is 5.09. The lowest BCUT2D eigenvalue weighted by Gasteiger charge is -2.27. The fourth-order valence-corrected chi connectivity index (χ4v) is 3.17. The average molecular weight is 278 g/mol. The lowest BCUT2D eigenvalue weighted by atomic mass is 9.92. The minimum absolute atomic E-state index is 0.312. The maximum atomic E-state index is 9.49. The molecule has 0 aromatic heterocycles. The molecule has 0 heterocycles. The van der Waals surface area contributed by atoms with Gasteiger partial charge in [0.25, 0.3) is 0 Å². The van der Waals surface area contributed by atoms with Crippen molar-refractivity contribution in [2.45, 2.75) is 95.2 Å². The van der Waals surface area contributed by atoms with E-state index in [4.69, 9.17) is 4.74 Å². The smallest absolute Gasteiger partial charge is 0.106 e. The molecule has 2 saturated carbocycles. The fraction of sp³-hybridized carbons (Fsp3) is 0.941. The molecule has 2 fully saturated rings. The molecule has 3 nitrogen and oxygen atoms in total. The lowest BCUT2D eigenvalue weighted by molar-refractivity contribution is 0.0385. The molecule has 3 heteroatoms. The van der Waals surface area contributed by atoms with E-state index in [2.05, 4.69) is 18.3 Å². The van der Waals surface area contributed by atoms with E-state index in [1.165, 1.54) is 51.4 Å². The van der Waals surface area contributed by atoms with Crippen molar-refractivity contribution < 1.29 is 4.74 Å². The van der Waals surface area contributed by atoms with Crippen molar-refractivity contribution in [3.8, 4) is 6.07 Å². The minimum atomic E-state index is -0.312. The quantitative estimate of drug-likeness (QED) is 0.540. The number of nitriles is 1. The number of rotatable bonds is 8. The molecular weight excluding hydrogens is 248 g/mol. The van der Waals surface area contributed by atoms with Crippen molar-refractivity contribution in [3.63, 3.8) is 0 Å². The van der Waals surface area contributed by atoms with Crippen LogP contribution in [0.4, 0.5) is 0 Å². The Kier molecular flexibility index (Phi) is 6.32. The van der Waals surface area contributed by atoms with Crippen LogP contribution in [0.1, 0.15) is 77.6 Å². The summed E-state index contributed by atoms with van der Waals surface area (Å²) in [5.41, 5.74) is -0.312. The van der Waals surface area contributed by atoms with E-state index >= 15 is 0 Å². The Hall–Kier alpha value is -0.590. The average Bonchev–Trinajstić information content (AvgIpc) is 3.30. The Morgan fingerprint density at radius 1 is 1.15 bits per heavy atom. The summed E-state index contributed by atoms with van der Waals surface area (Å²) in [5, 5.41) is 13.0. The second-order valence-electron chi connectivity index (χ2n) is 6.55. The van der Waals surface area contributed by atoms with Crippen LogP contribution in [0.25, 0.3) is 0 Å². The SMILES string of the molecule is CCC(C#N)(CCCOC1CCCCCC1)NC1CC1. The van der Waals surface area contributed by atoms with Gasteiger partial charge in [-0.05, 0) is 44.9 Å². The Morgan fingerprint density at radius 3 is 2.40 bits per heavy atom. The molecule has 20 heavy (non-hydrogen) atoms. The van der Waals surface area contributed by atoms with Crippen LogP contribution >= 0.6 is 0 Å². The van der Waals surface area contributed by atoms with Crippen LogP contribution in [0.5, 0.6) is 0 Å². The molecule has 1 N–H and O–H groups in total. The highest BCUT2D eigenvalue weighted by atomic mass is 16.5. The van der Waals surface area contributed by atoms with Gasteiger partial charge in [-0.15, -0.1) is 0 Å². The predicted molar refractivity (Wildman–Crippen MR) is 81.5 cm³/mol. The van der Waals surface area contributed by atoms with E-state index in [0.29, 0.717) is 12.1 Å². The third kappa shape index (κ3) is 5.07.